The highest BCUT2D eigenvalue weighted by atomic mass is 32.2. The molecule has 14 heteroatoms. The Morgan fingerprint density at radius 1 is 1.26 bits per heavy atom. The van der Waals surface area contributed by atoms with Crippen LogP contribution >= 0.6 is 23.1 Å². The number of thioether (sulfide) groups is 1. The van der Waals surface area contributed by atoms with Crippen LogP contribution in [0.3, 0.4) is 0 Å². The summed E-state index contributed by atoms with van der Waals surface area (Å²) in [5.41, 5.74) is 6.60. The maximum Gasteiger partial charge on any atom is 0.355 e. The maximum absolute atomic E-state index is 13.2. The lowest BCUT2D eigenvalue weighted by molar-refractivity contribution is -0.156. The molecule has 0 radical (unpaired) electrons. The van der Waals surface area contributed by atoms with Gasteiger partial charge in [0.15, 0.2) is 11.9 Å². The highest BCUT2D eigenvalue weighted by Gasteiger charge is 2.54. The highest BCUT2D eigenvalue weighted by Crippen LogP contribution is 2.43. The van der Waals surface area contributed by atoms with Crippen molar-refractivity contribution < 1.29 is 33.7 Å². The van der Waals surface area contributed by atoms with Crippen molar-refractivity contribution in [3.8, 4) is 0 Å². The fraction of sp³-hybridized carbons (Fsp3) is 0.625. The second kappa shape index (κ2) is 13.5. The Bertz CT molecular complexity index is 1090. The zero-order valence-corrected chi connectivity index (χ0v) is 23.8. The molecule has 4 atom stereocenters. The molecule has 1 aromatic heterocycles. The summed E-state index contributed by atoms with van der Waals surface area (Å²) in [4.78, 5) is 48.4. The first-order chi connectivity index (χ1) is 18.1. The van der Waals surface area contributed by atoms with Crippen LogP contribution in [0, 0.1) is 5.92 Å². The van der Waals surface area contributed by atoms with Gasteiger partial charge in [0.05, 0.1) is 6.61 Å². The van der Waals surface area contributed by atoms with Crippen LogP contribution in [0.25, 0.3) is 0 Å². The predicted molar refractivity (Wildman–Crippen MR) is 144 cm³/mol. The number of Topliss-reactive ketones (excluding diaryl/α,β-unsaturated/α-hetero) is 1. The number of amides is 1. The van der Waals surface area contributed by atoms with Crippen LogP contribution in [0.4, 0.5) is 5.82 Å². The first-order valence-corrected chi connectivity index (χ1v) is 14.1. The van der Waals surface area contributed by atoms with Gasteiger partial charge in [-0.1, -0.05) is 13.8 Å². The number of carbonyl (C=O) groups is 3. The summed E-state index contributed by atoms with van der Waals surface area (Å²) in [5.74, 6) is -0.255. The molecule has 1 fully saturated rings. The Balaban J connectivity index is 1.74. The second-order valence-corrected chi connectivity index (χ2v) is 11.4. The molecule has 12 nitrogen and oxygen atoms in total. The molecule has 2 aliphatic heterocycles. The van der Waals surface area contributed by atoms with Crippen molar-refractivity contribution in [1.82, 2.24) is 15.2 Å². The number of nitrogens with two attached hydrogens (primary N) is 1. The molecule has 210 valence electrons. The van der Waals surface area contributed by atoms with Gasteiger partial charge < -0.3 is 35.3 Å². The third-order valence-corrected chi connectivity index (χ3v) is 8.01. The summed E-state index contributed by atoms with van der Waals surface area (Å²) < 4.78 is 15.9. The lowest BCUT2D eigenvalue weighted by atomic mass is 10.0. The number of aliphatic hydroxyl groups excluding tert-OH is 1. The Morgan fingerprint density at radius 3 is 2.61 bits per heavy atom. The minimum Gasteiger partial charge on any atom is -0.458 e. The number of methoxy groups -OCH3 is 2. The molecule has 2 unspecified atom stereocenters. The number of hydrogen-bond donors (Lipinski definition) is 3. The van der Waals surface area contributed by atoms with Crippen LogP contribution in [0.15, 0.2) is 21.6 Å². The fourth-order valence-corrected chi connectivity index (χ4v) is 6.33. The Morgan fingerprint density at radius 2 is 2.00 bits per heavy atom. The monoisotopic (exact) mass is 569 g/mol. The van der Waals surface area contributed by atoms with E-state index in [0.717, 1.165) is 0 Å². The van der Waals surface area contributed by atoms with E-state index in [0.29, 0.717) is 22.8 Å². The SMILES string of the molecule is COC/N=C(/C(=O)N[C@H]1C(O)N2C(C(=O)OC(C)CC(=O)CC(C)C)=C(COC)CS[C@@H]12)c1nc(N)cs1. The van der Waals surface area contributed by atoms with Gasteiger partial charge in [-0.3, -0.25) is 9.59 Å². The smallest absolute Gasteiger partial charge is 0.355 e. The number of aromatic nitrogens is 1. The Hall–Kier alpha value is -2.52. The first kappa shape index (κ1) is 30.0. The quantitative estimate of drug-likeness (QED) is 0.230. The molecule has 0 spiro atoms. The minimum absolute atomic E-state index is 0.0168. The number of aliphatic hydroxyl groups is 1. The number of ketones is 1. The number of thiazole rings is 1. The number of ether oxygens (including phenoxy) is 3. The van der Waals surface area contributed by atoms with Gasteiger partial charge in [-0.15, -0.1) is 23.1 Å². The topological polar surface area (TPSA) is 166 Å². The van der Waals surface area contributed by atoms with E-state index in [1.165, 1.54) is 42.2 Å². The zero-order valence-electron chi connectivity index (χ0n) is 22.1. The van der Waals surface area contributed by atoms with Crippen molar-refractivity contribution in [3.05, 3.63) is 21.7 Å². The predicted octanol–water partition coefficient (Wildman–Crippen LogP) is 1.15. The number of anilines is 1. The molecule has 3 heterocycles. The van der Waals surface area contributed by atoms with Gasteiger partial charge in [-0.25, -0.2) is 14.8 Å². The molecule has 0 aliphatic carbocycles. The van der Waals surface area contributed by atoms with E-state index >= 15 is 0 Å². The molecule has 1 saturated heterocycles. The van der Waals surface area contributed by atoms with E-state index in [9.17, 15) is 19.5 Å². The van der Waals surface area contributed by atoms with Gasteiger partial charge in [0.1, 0.15) is 46.6 Å². The van der Waals surface area contributed by atoms with Crippen molar-refractivity contribution >= 4 is 52.3 Å². The summed E-state index contributed by atoms with van der Waals surface area (Å²) in [7, 11) is 2.97. The van der Waals surface area contributed by atoms with E-state index in [4.69, 9.17) is 19.9 Å². The van der Waals surface area contributed by atoms with Gasteiger partial charge >= 0.3 is 5.97 Å². The van der Waals surface area contributed by atoms with Crippen LogP contribution in [0.1, 0.15) is 38.6 Å². The summed E-state index contributed by atoms with van der Waals surface area (Å²) in [5, 5.41) is 15.3. The molecule has 2 aliphatic rings. The van der Waals surface area contributed by atoms with Crippen LogP contribution in [0.5, 0.6) is 0 Å². The number of carbonyl (C=O) groups excluding carboxylic acids is 3. The third kappa shape index (κ3) is 7.11. The number of hydrogen-bond acceptors (Lipinski definition) is 13. The van der Waals surface area contributed by atoms with Gasteiger partial charge in [0.2, 0.25) is 0 Å². The largest absolute Gasteiger partial charge is 0.458 e. The molecule has 4 N–H and O–H groups in total. The van der Waals surface area contributed by atoms with Gasteiger partial charge in [0.25, 0.3) is 5.91 Å². The van der Waals surface area contributed by atoms with Crippen LogP contribution in [-0.4, -0.2) is 95.4 Å². The average molecular weight is 570 g/mol. The van der Waals surface area contributed by atoms with Gasteiger partial charge in [0, 0.05) is 38.2 Å². The van der Waals surface area contributed by atoms with E-state index < -0.39 is 35.6 Å². The number of rotatable bonds is 13. The number of aliphatic imine (C=N–C) groups is 1. The lowest BCUT2D eigenvalue weighted by Gasteiger charge is -2.55. The molecular weight excluding hydrogens is 534 g/mol. The number of nitrogen functional groups attached to an aromatic ring is 1. The highest BCUT2D eigenvalue weighted by molar-refractivity contribution is 8.00. The molecular formula is C24H35N5O7S2. The van der Waals surface area contributed by atoms with Crippen LogP contribution in [0.2, 0.25) is 0 Å². The number of fused-ring (bicyclic) bond motifs is 1. The first-order valence-electron chi connectivity index (χ1n) is 12.1. The normalized spacial score (nSPS) is 22.1. The van der Waals surface area contributed by atoms with Crippen molar-refractivity contribution in [2.75, 3.05) is 39.0 Å². The summed E-state index contributed by atoms with van der Waals surface area (Å²) in [6.07, 6.45) is -1.30. The molecule has 0 aromatic carbocycles. The van der Waals surface area contributed by atoms with Crippen LogP contribution in [-0.2, 0) is 28.6 Å². The number of nitrogens with one attached hydrogen (secondary N) is 1. The molecule has 0 bridgehead atoms. The zero-order chi connectivity index (χ0) is 28.0. The maximum atomic E-state index is 13.2. The minimum atomic E-state index is -1.20. The number of nitrogens with zero attached hydrogens (tertiary/aromatic N) is 3. The van der Waals surface area contributed by atoms with Gasteiger partial charge in [-0.2, -0.15) is 0 Å². The average Bonchev–Trinajstić information content (AvgIpc) is 3.27. The summed E-state index contributed by atoms with van der Waals surface area (Å²) in [6, 6.07) is -0.700. The van der Waals surface area contributed by atoms with Crippen molar-refractivity contribution in [2.24, 2.45) is 10.9 Å². The third-order valence-electron chi connectivity index (χ3n) is 5.77. The molecule has 1 aromatic rings. The van der Waals surface area contributed by atoms with E-state index in [2.05, 4.69) is 15.3 Å². The molecule has 1 amide bonds. The molecule has 3 rings (SSSR count). The molecule has 0 saturated carbocycles. The van der Waals surface area contributed by atoms with E-state index in [1.807, 2.05) is 13.8 Å². The van der Waals surface area contributed by atoms with Gasteiger partial charge in [-0.05, 0) is 18.4 Å². The second-order valence-electron chi connectivity index (χ2n) is 9.47. The van der Waals surface area contributed by atoms with Crippen molar-refractivity contribution in [1.29, 1.82) is 0 Å². The summed E-state index contributed by atoms with van der Waals surface area (Å²) >= 11 is 2.62. The van der Waals surface area contributed by atoms with Crippen molar-refractivity contribution in [2.45, 2.75) is 57.4 Å². The van der Waals surface area contributed by atoms with E-state index in [1.54, 1.807) is 12.3 Å². The fourth-order valence-electron chi connectivity index (χ4n) is 4.22. The van der Waals surface area contributed by atoms with Crippen molar-refractivity contribution in [3.63, 3.8) is 0 Å². The lowest BCUT2D eigenvalue weighted by Crippen LogP contribution is -2.73. The Kier molecular flexibility index (Phi) is 10.7. The number of esters is 1. The molecule has 38 heavy (non-hydrogen) atoms. The summed E-state index contributed by atoms with van der Waals surface area (Å²) in [6.45, 7) is 5.69. The van der Waals surface area contributed by atoms with E-state index in [-0.39, 0.29) is 48.7 Å². The standard InChI is InChI=1S/C24H35N5O7S2/c1-12(2)6-15(30)7-13(3)36-24(33)19-14(8-34-4)9-38-23-18(22(32)29(19)23)28-20(31)17(26-11-35-5)21-27-16(25)10-37-21/h10,12-13,18,22-23,32H,6-9,11,25H2,1-5H3,(H,28,31)/b26-17-/t13?,18-,22?,23-/m0/s1. The van der Waals surface area contributed by atoms with Crippen LogP contribution < -0.4 is 11.1 Å². The Labute approximate surface area is 230 Å².